The first-order valence-corrected chi connectivity index (χ1v) is 13.3. The monoisotopic (exact) mass is 496 g/mol. The van der Waals surface area contributed by atoms with E-state index in [1.165, 1.54) is 24.3 Å². The molecule has 32 heavy (non-hydrogen) atoms. The molecule has 0 aliphatic carbocycles. The van der Waals surface area contributed by atoms with Crippen molar-refractivity contribution in [1.29, 1.82) is 0 Å². The van der Waals surface area contributed by atoms with Gasteiger partial charge in [-0.25, -0.2) is 0 Å². The topological polar surface area (TPSA) is 163 Å². The molecule has 0 spiro atoms. The first-order valence-electron chi connectivity index (χ1n) is 8.95. The van der Waals surface area contributed by atoms with Crippen LogP contribution in [0.25, 0.3) is 32.3 Å². The summed E-state index contributed by atoms with van der Waals surface area (Å²) >= 11 is 0. The van der Waals surface area contributed by atoms with Gasteiger partial charge in [0.25, 0.3) is 30.4 Å². The third-order valence-corrected chi connectivity index (χ3v) is 7.86. The van der Waals surface area contributed by atoms with Gasteiger partial charge in [0.2, 0.25) is 0 Å². The lowest BCUT2D eigenvalue weighted by atomic mass is 9.89. The van der Waals surface area contributed by atoms with Gasteiger partial charge in [-0.1, -0.05) is 36.4 Å². The highest BCUT2D eigenvalue weighted by atomic mass is 32.2. The maximum absolute atomic E-state index is 12.2. The molecular weight excluding hydrogens is 480 g/mol. The molecule has 0 saturated carbocycles. The van der Waals surface area contributed by atoms with Crippen LogP contribution in [0, 0.1) is 0 Å². The Balaban J connectivity index is 2.46. The summed E-state index contributed by atoms with van der Waals surface area (Å²) < 4.78 is 102. The lowest BCUT2D eigenvalue weighted by Crippen LogP contribution is -2.08. The molecule has 9 nitrogen and oxygen atoms in total. The smallest absolute Gasteiger partial charge is 0.282 e. The fourth-order valence-electron chi connectivity index (χ4n) is 4.11. The Morgan fingerprint density at radius 1 is 0.719 bits per heavy atom. The van der Waals surface area contributed by atoms with Gasteiger partial charge in [0.05, 0.1) is 0 Å². The highest BCUT2D eigenvalue weighted by Crippen LogP contribution is 2.44. The first kappa shape index (κ1) is 22.6. The van der Waals surface area contributed by atoms with E-state index in [4.69, 9.17) is 0 Å². The van der Waals surface area contributed by atoms with Gasteiger partial charge in [-0.2, -0.15) is 25.3 Å². The maximum Gasteiger partial charge on any atom is 0.295 e. The zero-order chi connectivity index (χ0) is 23.8. The van der Waals surface area contributed by atoms with E-state index in [1.807, 2.05) is 0 Å². The van der Waals surface area contributed by atoms with Crippen molar-refractivity contribution in [2.75, 3.05) is 0 Å². The summed E-state index contributed by atoms with van der Waals surface area (Å²) in [5.74, 6) is 0. The van der Waals surface area contributed by atoms with Gasteiger partial charge < -0.3 is 0 Å². The largest absolute Gasteiger partial charge is 0.295 e. The van der Waals surface area contributed by atoms with Crippen molar-refractivity contribution in [3.05, 3.63) is 54.1 Å². The van der Waals surface area contributed by atoms with Gasteiger partial charge in [-0.15, -0.1) is 0 Å². The number of benzene rings is 4. The molecule has 0 atom stereocenters. The second-order valence-corrected chi connectivity index (χ2v) is 11.7. The van der Waals surface area contributed by atoms with Crippen LogP contribution in [-0.4, -0.2) is 38.9 Å². The molecule has 0 radical (unpaired) electrons. The van der Waals surface area contributed by atoms with Crippen molar-refractivity contribution in [3.63, 3.8) is 0 Å². The minimum Gasteiger partial charge on any atom is -0.282 e. The van der Waals surface area contributed by atoms with Crippen LogP contribution in [0.2, 0.25) is 0 Å². The van der Waals surface area contributed by atoms with Crippen molar-refractivity contribution in [2.24, 2.45) is 0 Å². The molecule has 0 saturated heterocycles. The van der Waals surface area contributed by atoms with Crippen LogP contribution >= 0.6 is 0 Å². The fraction of sp³-hybridized carbons (Fsp3) is 0.100. The van der Waals surface area contributed by atoms with Gasteiger partial charge >= 0.3 is 0 Å². The lowest BCUT2D eigenvalue weighted by Gasteiger charge is -2.19. The van der Waals surface area contributed by atoms with Gasteiger partial charge in [-0.3, -0.25) is 13.7 Å². The second-order valence-electron chi connectivity index (χ2n) is 7.54. The van der Waals surface area contributed by atoms with Crippen LogP contribution < -0.4 is 0 Å². The Kier molecular flexibility index (Phi) is 4.90. The van der Waals surface area contributed by atoms with E-state index < -0.39 is 45.0 Å². The van der Waals surface area contributed by atoms with Gasteiger partial charge in [0.15, 0.2) is 0 Å². The first-order chi connectivity index (χ1) is 14.6. The molecule has 4 aromatic rings. The Bertz CT molecular complexity index is 1780. The molecule has 0 bridgehead atoms. The molecule has 12 heteroatoms. The Morgan fingerprint density at radius 2 is 1.25 bits per heavy atom. The third kappa shape index (κ3) is 3.54. The minimum atomic E-state index is -4.98. The molecule has 0 aliphatic rings. The van der Waals surface area contributed by atoms with Gasteiger partial charge in [-0.05, 0) is 41.8 Å². The van der Waals surface area contributed by atoms with E-state index in [9.17, 15) is 38.9 Å². The van der Waals surface area contributed by atoms with E-state index >= 15 is 0 Å². The molecule has 0 fully saturated rings. The Morgan fingerprint density at radius 3 is 1.75 bits per heavy atom. The van der Waals surface area contributed by atoms with Crippen molar-refractivity contribution in [2.45, 2.75) is 28.0 Å². The van der Waals surface area contributed by atoms with E-state index in [0.29, 0.717) is 22.6 Å². The standard InChI is InChI=1S/C20H16O9S3/c1-10(2)7-12-8-11-3-6-15(30(21,22)23)13-4-5-14-16(31(24,25)26)9-17(32(27,28)29)19(12)20(14)18(11)13/h3-6,8-9H,1,7H2,2H3,(H,21,22,23)(H,24,25,26)(H,27,28,29). The van der Waals surface area contributed by atoms with Crippen LogP contribution in [0.1, 0.15) is 12.5 Å². The predicted octanol–water partition coefficient (Wildman–Crippen LogP) is 3.44. The quantitative estimate of drug-likeness (QED) is 0.213. The third-order valence-electron chi connectivity index (χ3n) is 5.17. The normalized spacial score (nSPS) is 13.4. The number of hydrogen-bond acceptors (Lipinski definition) is 6. The molecule has 0 aromatic heterocycles. The van der Waals surface area contributed by atoms with Crippen molar-refractivity contribution < 1.29 is 38.9 Å². The summed E-state index contributed by atoms with van der Waals surface area (Å²) in [6.07, 6.45) is 0.165. The SMILES string of the molecule is C=C(C)Cc1cc2ccc(S(=O)(=O)O)c3ccc4c(S(=O)(=O)O)cc(S(=O)(=O)O)c1c4c23. The molecule has 0 amide bonds. The number of hydrogen-bond donors (Lipinski definition) is 3. The Hall–Kier alpha value is -2.61. The van der Waals surface area contributed by atoms with Gasteiger partial charge in [0, 0.05) is 21.5 Å². The van der Waals surface area contributed by atoms with Crippen LogP contribution in [-0.2, 0) is 36.8 Å². The molecule has 0 aliphatic heterocycles. The van der Waals surface area contributed by atoms with Crippen LogP contribution in [0.15, 0.2) is 63.2 Å². The molecule has 0 heterocycles. The average Bonchev–Trinajstić information content (AvgIpc) is 2.62. The highest BCUT2D eigenvalue weighted by molar-refractivity contribution is 7.87. The number of rotatable bonds is 5. The zero-order valence-electron chi connectivity index (χ0n) is 16.4. The summed E-state index contributed by atoms with van der Waals surface area (Å²) in [4.78, 5) is -2.00. The predicted molar refractivity (Wildman–Crippen MR) is 118 cm³/mol. The summed E-state index contributed by atoms with van der Waals surface area (Å²) in [5, 5.41) is 0.471. The van der Waals surface area contributed by atoms with E-state index in [1.54, 1.807) is 13.0 Å². The highest BCUT2D eigenvalue weighted by Gasteiger charge is 2.28. The summed E-state index contributed by atoms with van der Waals surface area (Å²) in [6.45, 7) is 5.50. The van der Waals surface area contributed by atoms with Crippen molar-refractivity contribution in [3.8, 4) is 0 Å². The zero-order valence-corrected chi connectivity index (χ0v) is 18.8. The lowest BCUT2D eigenvalue weighted by molar-refractivity contribution is 0.480. The van der Waals surface area contributed by atoms with Crippen LogP contribution in [0.4, 0.5) is 0 Å². The average molecular weight is 497 g/mol. The molecule has 4 rings (SSSR count). The maximum atomic E-state index is 12.2. The number of allylic oxidation sites excluding steroid dienone is 1. The summed E-state index contributed by atoms with van der Waals surface area (Å²) in [6, 6.07) is 7.27. The second kappa shape index (κ2) is 6.94. The van der Waals surface area contributed by atoms with Crippen LogP contribution in [0.5, 0.6) is 0 Å². The minimum absolute atomic E-state index is 0.00417. The summed E-state index contributed by atoms with van der Waals surface area (Å²) in [7, 11) is -14.6. The molecule has 3 N–H and O–H groups in total. The summed E-state index contributed by atoms with van der Waals surface area (Å²) in [5.41, 5.74) is 1.02. The van der Waals surface area contributed by atoms with E-state index in [0.717, 1.165) is 0 Å². The van der Waals surface area contributed by atoms with Crippen molar-refractivity contribution in [1.82, 2.24) is 0 Å². The van der Waals surface area contributed by atoms with Crippen molar-refractivity contribution >= 4 is 62.7 Å². The van der Waals surface area contributed by atoms with Gasteiger partial charge in [0.1, 0.15) is 14.7 Å². The molecule has 4 aromatic carbocycles. The fourth-order valence-corrected chi connectivity index (χ4v) is 6.34. The molecule has 0 unspecified atom stereocenters. The Labute approximate surface area is 183 Å². The van der Waals surface area contributed by atoms with Crippen LogP contribution in [0.3, 0.4) is 0 Å². The van der Waals surface area contributed by atoms with E-state index in [-0.39, 0.29) is 33.4 Å². The molecular formula is C20H16O9S3. The molecule has 168 valence electrons. The van der Waals surface area contributed by atoms with E-state index in [2.05, 4.69) is 6.58 Å².